The Hall–Kier alpha value is -1.14. The van der Waals surface area contributed by atoms with Crippen LogP contribution < -0.4 is 5.32 Å². The molecule has 0 aromatic rings. The van der Waals surface area contributed by atoms with Gasteiger partial charge in [0.05, 0.1) is 19.1 Å². The van der Waals surface area contributed by atoms with Gasteiger partial charge in [-0.05, 0) is 31.7 Å². The molecule has 2 aliphatic heterocycles. The molecule has 2 rings (SSSR count). The third-order valence-electron chi connectivity index (χ3n) is 4.44. The molecule has 0 bridgehead atoms. The number of aliphatic carboxylic acids is 1. The highest BCUT2D eigenvalue weighted by Gasteiger charge is 2.37. The van der Waals surface area contributed by atoms with Crippen LogP contribution in [-0.2, 0) is 14.3 Å². The molecule has 0 radical (unpaired) electrons. The molecule has 0 aromatic carbocycles. The first kappa shape index (κ1) is 16.2. The number of amides is 1. The number of likely N-dealkylation sites (tertiary alicyclic amines) is 1. The van der Waals surface area contributed by atoms with E-state index in [1.807, 2.05) is 4.90 Å². The SMILES string of the molecule is CCCNC1COCC1C(=O)N1CCC(CC(=O)O)CC1. The second kappa shape index (κ2) is 7.75. The minimum Gasteiger partial charge on any atom is -0.481 e. The van der Waals surface area contributed by atoms with E-state index in [-0.39, 0.29) is 30.2 Å². The smallest absolute Gasteiger partial charge is 0.303 e. The maximum Gasteiger partial charge on any atom is 0.303 e. The van der Waals surface area contributed by atoms with Crippen LogP contribution >= 0.6 is 0 Å². The number of ether oxygens (including phenoxy) is 1. The molecule has 2 saturated heterocycles. The number of nitrogens with zero attached hydrogens (tertiary/aromatic N) is 1. The number of carbonyl (C=O) groups excluding carboxylic acids is 1. The number of piperidine rings is 1. The molecule has 21 heavy (non-hydrogen) atoms. The van der Waals surface area contributed by atoms with E-state index in [1.165, 1.54) is 0 Å². The lowest BCUT2D eigenvalue weighted by Gasteiger charge is -2.34. The summed E-state index contributed by atoms with van der Waals surface area (Å²) < 4.78 is 5.46. The Kier molecular flexibility index (Phi) is 5.99. The van der Waals surface area contributed by atoms with Gasteiger partial charge in [0.2, 0.25) is 5.91 Å². The molecule has 0 spiro atoms. The number of carboxylic acid groups (broad SMARTS) is 1. The molecule has 6 heteroatoms. The molecule has 2 aliphatic rings. The van der Waals surface area contributed by atoms with Gasteiger partial charge in [0.25, 0.3) is 0 Å². The van der Waals surface area contributed by atoms with E-state index in [1.54, 1.807) is 0 Å². The maximum absolute atomic E-state index is 12.6. The second-order valence-corrected chi connectivity index (χ2v) is 6.07. The summed E-state index contributed by atoms with van der Waals surface area (Å²) in [6.07, 6.45) is 2.84. The first-order chi connectivity index (χ1) is 10.1. The van der Waals surface area contributed by atoms with Gasteiger partial charge in [0.15, 0.2) is 0 Å². The third kappa shape index (κ3) is 4.41. The zero-order chi connectivity index (χ0) is 15.2. The maximum atomic E-state index is 12.6. The summed E-state index contributed by atoms with van der Waals surface area (Å²) in [5, 5.41) is 12.2. The Labute approximate surface area is 125 Å². The summed E-state index contributed by atoms with van der Waals surface area (Å²) in [6.45, 7) is 5.45. The van der Waals surface area contributed by atoms with Crippen molar-refractivity contribution < 1.29 is 19.4 Å². The van der Waals surface area contributed by atoms with E-state index >= 15 is 0 Å². The van der Waals surface area contributed by atoms with Crippen LogP contribution in [-0.4, -0.2) is 60.8 Å². The third-order valence-corrected chi connectivity index (χ3v) is 4.44. The average molecular weight is 298 g/mol. The monoisotopic (exact) mass is 298 g/mol. The molecule has 6 nitrogen and oxygen atoms in total. The fourth-order valence-corrected chi connectivity index (χ4v) is 3.17. The van der Waals surface area contributed by atoms with Crippen LogP contribution in [0.15, 0.2) is 0 Å². The summed E-state index contributed by atoms with van der Waals surface area (Å²) in [6, 6.07) is 0.120. The standard InChI is InChI=1S/C15H26N2O4/c1-2-5-16-13-10-21-9-12(13)15(20)17-6-3-11(4-7-17)8-14(18)19/h11-13,16H,2-10H2,1H3,(H,18,19). The van der Waals surface area contributed by atoms with Gasteiger partial charge in [-0.15, -0.1) is 0 Å². The van der Waals surface area contributed by atoms with Crippen molar-refractivity contribution in [3.05, 3.63) is 0 Å². The Morgan fingerprint density at radius 3 is 2.62 bits per heavy atom. The zero-order valence-corrected chi connectivity index (χ0v) is 12.7. The van der Waals surface area contributed by atoms with E-state index in [9.17, 15) is 9.59 Å². The topological polar surface area (TPSA) is 78.9 Å². The summed E-state index contributed by atoms with van der Waals surface area (Å²) in [5.74, 6) is -0.462. The number of carboxylic acids is 1. The molecular weight excluding hydrogens is 272 g/mol. The van der Waals surface area contributed by atoms with Crippen molar-refractivity contribution in [1.82, 2.24) is 10.2 Å². The summed E-state index contributed by atoms with van der Waals surface area (Å²) >= 11 is 0. The van der Waals surface area contributed by atoms with Crippen LogP contribution in [0.3, 0.4) is 0 Å². The minimum absolute atomic E-state index is 0.0902. The zero-order valence-electron chi connectivity index (χ0n) is 12.7. The Morgan fingerprint density at radius 2 is 2.00 bits per heavy atom. The first-order valence-corrected chi connectivity index (χ1v) is 7.93. The van der Waals surface area contributed by atoms with Crippen LogP contribution in [0.2, 0.25) is 0 Å². The van der Waals surface area contributed by atoms with E-state index in [2.05, 4.69) is 12.2 Å². The van der Waals surface area contributed by atoms with E-state index < -0.39 is 5.97 Å². The van der Waals surface area contributed by atoms with Gasteiger partial charge in [0, 0.05) is 25.6 Å². The number of hydrogen-bond donors (Lipinski definition) is 2. The largest absolute Gasteiger partial charge is 0.481 e. The molecule has 0 saturated carbocycles. The molecule has 0 aromatic heterocycles. The van der Waals surface area contributed by atoms with Gasteiger partial charge in [-0.2, -0.15) is 0 Å². The highest BCUT2D eigenvalue weighted by Crippen LogP contribution is 2.24. The van der Waals surface area contributed by atoms with Crippen molar-refractivity contribution in [3.63, 3.8) is 0 Å². The number of nitrogens with one attached hydrogen (secondary N) is 1. The quantitative estimate of drug-likeness (QED) is 0.755. The highest BCUT2D eigenvalue weighted by molar-refractivity contribution is 5.80. The molecule has 1 amide bonds. The minimum atomic E-state index is -0.743. The van der Waals surface area contributed by atoms with E-state index in [0.717, 1.165) is 25.8 Å². The van der Waals surface area contributed by atoms with Gasteiger partial charge in [0.1, 0.15) is 0 Å². The second-order valence-electron chi connectivity index (χ2n) is 6.07. The van der Waals surface area contributed by atoms with Crippen LogP contribution in [0.4, 0.5) is 0 Å². The highest BCUT2D eigenvalue weighted by atomic mass is 16.5. The lowest BCUT2D eigenvalue weighted by atomic mass is 9.92. The molecule has 2 heterocycles. The fraction of sp³-hybridized carbons (Fsp3) is 0.867. The molecular formula is C15H26N2O4. The van der Waals surface area contributed by atoms with Gasteiger partial charge >= 0.3 is 5.97 Å². The van der Waals surface area contributed by atoms with Crippen molar-refractivity contribution >= 4 is 11.9 Å². The van der Waals surface area contributed by atoms with Crippen molar-refractivity contribution in [2.24, 2.45) is 11.8 Å². The lowest BCUT2D eigenvalue weighted by molar-refractivity contribution is -0.139. The Balaban J connectivity index is 1.82. The number of carbonyl (C=O) groups is 2. The van der Waals surface area contributed by atoms with Crippen LogP contribution in [0.1, 0.15) is 32.6 Å². The molecule has 120 valence electrons. The van der Waals surface area contributed by atoms with E-state index in [0.29, 0.717) is 26.3 Å². The predicted octanol–water partition coefficient (Wildman–Crippen LogP) is 0.714. The summed E-state index contributed by atoms with van der Waals surface area (Å²) in [5.41, 5.74) is 0. The number of rotatable bonds is 6. The van der Waals surface area contributed by atoms with Gasteiger partial charge in [-0.3, -0.25) is 9.59 Å². The van der Waals surface area contributed by atoms with Crippen molar-refractivity contribution in [1.29, 1.82) is 0 Å². The molecule has 2 unspecified atom stereocenters. The van der Waals surface area contributed by atoms with Gasteiger partial charge in [-0.25, -0.2) is 0 Å². The van der Waals surface area contributed by atoms with Crippen molar-refractivity contribution in [3.8, 4) is 0 Å². The fourth-order valence-electron chi connectivity index (χ4n) is 3.17. The van der Waals surface area contributed by atoms with E-state index in [4.69, 9.17) is 9.84 Å². The lowest BCUT2D eigenvalue weighted by Crippen LogP contribution is -2.48. The summed E-state index contributed by atoms with van der Waals surface area (Å²) in [7, 11) is 0. The van der Waals surface area contributed by atoms with Crippen molar-refractivity contribution in [2.75, 3.05) is 32.8 Å². The average Bonchev–Trinajstić information content (AvgIpc) is 2.93. The molecule has 2 fully saturated rings. The predicted molar refractivity (Wildman–Crippen MR) is 77.9 cm³/mol. The molecule has 0 aliphatic carbocycles. The Bertz CT molecular complexity index is 367. The normalized spacial score (nSPS) is 27.0. The van der Waals surface area contributed by atoms with Gasteiger partial charge in [-0.1, -0.05) is 6.92 Å². The molecule has 2 atom stereocenters. The van der Waals surface area contributed by atoms with Crippen LogP contribution in [0.5, 0.6) is 0 Å². The summed E-state index contributed by atoms with van der Waals surface area (Å²) in [4.78, 5) is 25.2. The van der Waals surface area contributed by atoms with Crippen molar-refractivity contribution in [2.45, 2.75) is 38.6 Å². The Morgan fingerprint density at radius 1 is 1.29 bits per heavy atom. The van der Waals surface area contributed by atoms with Crippen LogP contribution in [0, 0.1) is 11.8 Å². The molecule has 2 N–H and O–H groups in total. The number of hydrogen-bond acceptors (Lipinski definition) is 4. The van der Waals surface area contributed by atoms with Gasteiger partial charge < -0.3 is 20.1 Å². The first-order valence-electron chi connectivity index (χ1n) is 7.93. The van der Waals surface area contributed by atoms with Crippen LogP contribution in [0.25, 0.3) is 0 Å².